The van der Waals surface area contributed by atoms with Crippen LogP contribution in [0.5, 0.6) is 0 Å². The van der Waals surface area contributed by atoms with Gasteiger partial charge in [0.25, 0.3) is 0 Å². The molecule has 0 unspecified atom stereocenters. The molecule has 5 aromatic rings. The molecule has 5 nitrogen and oxygen atoms in total. The Morgan fingerprint density at radius 2 is 1.34 bits per heavy atom. The average molecular weight is 617 g/mol. The predicted molar refractivity (Wildman–Crippen MR) is 120 cm³/mol. The van der Waals surface area contributed by atoms with Gasteiger partial charge in [0.1, 0.15) is 0 Å². The summed E-state index contributed by atoms with van der Waals surface area (Å²) in [6.07, 6.45) is 1.79. The Hall–Kier alpha value is -3.21. The van der Waals surface area contributed by atoms with Crippen molar-refractivity contribution in [1.29, 1.82) is 0 Å². The van der Waals surface area contributed by atoms with E-state index >= 15 is 0 Å². The number of aromatic nitrogens is 1. The summed E-state index contributed by atoms with van der Waals surface area (Å²) in [5, 5.41) is 4.22. The molecule has 0 saturated heterocycles. The van der Waals surface area contributed by atoms with Crippen LogP contribution in [-0.4, -0.2) is 13.4 Å². The van der Waals surface area contributed by atoms with Crippen molar-refractivity contribution in [3.8, 4) is 11.3 Å². The number of nitrogens with zero attached hydrogens (tertiary/aromatic N) is 3. The van der Waals surface area contributed by atoms with Crippen LogP contribution in [0.15, 0.2) is 99.9 Å². The fraction of sp³-hybridized carbons (Fsp3) is 0. The number of hydrogen-bond donors (Lipinski definition) is 0. The first-order valence-electron chi connectivity index (χ1n) is 9.56. The van der Waals surface area contributed by atoms with Gasteiger partial charge in [0.15, 0.2) is 0 Å². The van der Waals surface area contributed by atoms with Gasteiger partial charge in [-0.2, -0.15) is 17.2 Å². The molecule has 6 rings (SSSR count). The summed E-state index contributed by atoms with van der Waals surface area (Å²) in [5.41, 5.74) is 2.01. The molecule has 0 amide bonds. The Balaban J connectivity index is 0.000000164. The second-order valence-corrected chi connectivity index (χ2v) is 8.08. The van der Waals surface area contributed by atoms with Crippen LogP contribution in [0.4, 0.5) is 0 Å². The molecule has 0 radical (unpaired) electrons. The summed E-state index contributed by atoms with van der Waals surface area (Å²) in [4.78, 5) is 4.22. The molecule has 1 aromatic heterocycles. The topological polar surface area (TPSA) is 71.8 Å². The second kappa shape index (κ2) is 9.11. The Morgan fingerprint density at radius 1 is 0.656 bits per heavy atom. The van der Waals surface area contributed by atoms with Crippen LogP contribution in [-0.2, 0) is 31.3 Å². The van der Waals surface area contributed by atoms with E-state index in [0.29, 0.717) is 16.1 Å². The van der Waals surface area contributed by atoms with Gasteiger partial charge < -0.3 is 4.98 Å². The van der Waals surface area contributed by atoms with Crippen LogP contribution in [0.3, 0.4) is 0 Å². The van der Waals surface area contributed by atoms with E-state index in [1.807, 2.05) is 78.9 Å². The van der Waals surface area contributed by atoms with Crippen LogP contribution >= 0.6 is 0 Å². The first-order chi connectivity index (χ1) is 15.1. The van der Waals surface area contributed by atoms with Gasteiger partial charge in [-0.15, -0.1) is 65.5 Å². The molecule has 32 heavy (non-hydrogen) atoms. The van der Waals surface area contributed by atoms with Gasteiger partial charge in [0.2, 0.25) is 0 Å². The number of rotatable bonds is 1. The van der Waals surface area contributed by atoms with Crippen molar-refractivity contribution in [1.82, 2.24) is 4.98 Å². The van der Waals surface area contributed by atoms with Crippen LogP contribution in [0.25, 0.3) is 32.8 Å². The zero-order chi connectivity index (χ0) is 21.3. The van der Waals surface area contributed by atoms with Crippen LogP contribution in [0.1, 0.15) is 0 Å². The number of hydrogen-bond acceptors (Lipinski definition) is 3. The molecular weight excluding hydrogens is 601 g/mol. The third kappa shape index (κ3) is 4.24. The minimum Gasteiger partial charge on any atom is -0.305 e. The van der Waals surface area contributed by atoms with Crippen LogP contribution in [0, 0.1) is 12.1 Å². The minimum atomic E-state index is -3.76. The fourth-order valence-electron chi connectivity index (χ4n) is 3.53. The summed E-state index contributed by atoms with van der Waals surface area (Å²) in [6, 6.07) is 33.0. The quantitative estimate of drug-likeness (QED) is 0.212. The monoisotopic (exact) mass is 616 g/mol. The van der Waals surface area contributed by atoms with Crippen LogP contribution in [0.2, 0.25) is 0 Å². The molecule has 0 spiro atoms. The van der Waals surface area contributed by atoms with Gasteiger partial charge in [-0.3, -0.25) is 0 Å². The van der Waals surface area contributed by atoms with E-state index in [0.717, 1.165) is 27.4 Å². The molecule has 1 aliphatic rings. The van der Waals surface area contributed by atoms with E-state index < -0.39 is 10.2 Å². The summed E-state index contributed by atoms with van der Waals surface area (Å²) >= 11 is 0. The van der Waals surface area contributed by atoms with E-state index in [2.05, 4.69) is 25.9 Å². The molecule has 1 aliphatic heterocycles. The van der Waals surface area contributed by atoms with Crippen LogP contribution < -0.4 is 10.7 Å². The third-order valence-corrected chi connectivity index (χ3v) is 5.68. The number of fused-ring (bicyclic) bond motifs is 6. The molecule has 0 bridgehead atoms. The van der Waals surface area contributed by atoms with Crippen molar-refractivity contribution in [3.63, 3.8) is 0 Å². The standard InChI is InChI=1S/C14H7N2O2S.C11H8N.Pt/c17-19(18)15-13-11-7-3-1-5-9(11)10-6-2-4-8-12(10)14(13)16-19;1-2-6-10(7-3-1)11-8-4-5-9-12-11;/h1-7H;1-6,8-9H;/q2*-1;+2. The number of pyridine rings is 1. The van der Waals surface area contributed by atoms with Gasteiger partial charge in [0, 0.05) is 11.6 Å². The molecule has 0 fully saturated rings. The SMILES string of the molecule is O=S1(=O)N=c2c(c3ccccc3c3ccc[c-]c23)=N1.[Pt+2].[c-]1ccccc1-c1ccccn1. The summed E-state index contributed by atoms with van der Waals surface area (Å²) in [5.74, 6) is 0. The third-order valence-electron chi connectivity index (χ3n) is 4.85. The summed E-state index contributed by atoms with van der Waals surface area (Å²) < 4.78 is 30.7. The van der Waals surface area contributed by atoms with Gasteiger partial charge >= 0.3 is 31.3 Å². The first-order valence-corrected chi connectivity index (χ1v) is 11.0. The van der Waals surface area contributed by atoms with Gasteiger partial charge in [-0.1, -0.05) is 47.2 Å². The number of benzene rings is 4. The zero-order valence-electron chi connectivity index (χ0n) is 16.5. The minimum absolute atomic E-state index is 0. The maximum absolute atomic E-state index is 11.6. The van der Waals surface area contributed by atoms with E-state index in [4.69, 9.17) is 0 Å². The van der Waals surface area contributed by atoms with Gasteiger partial charge in [-0.05, 0) is 17.1 Å². The fourth-order valence-corrected chi connectivity index (χ4v) is 4.40. The Labute approximate surface area is 199 Å². The van der Waals surface area contributed by atoms with Crippen molar-refractivity contribution in [2.24, 2.45) is 8.80 Å². The smallest absolute Gasteiger partial charge is 0.305 e. The van der Waals surface area contributed by atoms with Crippen molar-refractivity contribution in [3.05, 3.63) is 114 Å². The molecule has 7 heteroatoms. The van der Waals surface area contributed by atoms with Crippen molar-refractivity contribution >= 4 is 31.8 Å². The molecule has 0 atom stereocenters. The van der Waals surface area contributed by atoms with E-state index in [1.54, 1.807) is 12.3 Å². The summed E-state index contributed by atoms with van der Waals surface area (Å²) in [7, 11) is -3.76. The first kappa shape index (κ1) is 22.0. The van der Waals surface area contributed by atoms with Crippen molar-refractivity contribution < 1.29 is 29.5 Å². The molecule has 4 aromatic carbocycles. The van der Waals surface area contributed by atoms with Crippen molar-refractivity contribution in [2.45, 2.75) is 0 Å². The maximum Gasteiger partial charge on any atom is 2.00 e. The Morgan fingerprint density at radius 3 is 2.09 bits per heavy atom. The molecule has 0 aliphatic carbocycles. The van der Waals surface area contributed by atoms with E-state index in [9.17, 15) is 8.42 Å². The molecule has 0 saturated carbocycles. The van der Waals surface area contributed by atoms with Crippen molar-refractivity contribution in [2.75, 3.05) is 0 Å². The van der Waals surface area contributed by atoms with Gasteiger partial charge in [-0.25, -0.2) is 0 Å². The largest absolute Gasteiger partial charge is 2.00 e. The average Bonchev–Trinajstić information content (AvgIpc) is 3.16. The second-order valence-electron chi connectivity index (χ2n) is 6.82. The summed E-state index contributed by atoms with van der Waals surface area (Å²) in [6.45, 7) is 0. The van der Waals surface area contributed by atoms with E-state index in [1.165, 1.54) is 0 Å². The van der Waals surface area contributed by atoms with E-state index in [-0.39, 0.29) is 21.1 Å². The predicted octanol–water partition coefficient (Wildman–Crippen LogP) is 3.84. The molecule has 158 valence electrons. The zero-order valence-corrected chi connectivity index (χ0v) is 19.6. The Kier molecular flexibility index (Phi) is 6.26. The Bertz CT molecular complexity index is 1520. The normalized spacial score (nSPS) is 13.1. The van der Waals surface area contributed by atoms with Gasteiger partial charge in [0.05, 0.1) is 5.36 Å². The molecule has 2 heterocycles. The molecular formula is C25H15N3O2PtS. The molecule has 0 N–H and O–H groups in total. The maximum atomic E-state index is 11.6.